The topological polar surface area (TPSA) is 108 Å². The first-order valence-corrected chi connectivity index (χ1v) is 7.39. The van der Waals surface area contributed by atoms with E-state index in [4.69, 9.17) is 9.47 Å². The minimum atomic E-state index is -0.946. The van der Waals surface area contributed by atoms with Crippen LogP contribution in [0.15, 0.2) is 54.6 Å². The van der Waals surface area contributed by atoms with Gasteiger partial charge in [-0.1, -0.05) is 30.3 Å². The van der Waals surface area contributed by atoms with E-state index in [-0.39, 0.29) is 18.0 Å². The Balaban J connectivity index is 1.81. The van der Waals surface area contributed by atoms with Gasteiger partial charge in [0.15, 0.2) is 0 Å². The summed E-state index contributed by atoms with van der Waals surface area (Å²) in [7, 11) is 0. The van der Waals surface area contributed by atoms with Crippen molar-refractivity contribution in [3.63, 3.8) is 0 Å². The molecule has 1 atom stereocenters. The van der Waals surface area contributed by atoms with Gasteiger partial charge >= 0.3 is 12.1 Å². The fourth-order valence-electron chi connectivity index (χ4n) is 1.84. The summed E-state index contributed by atoms with van der Waals surface area (Å²) in [6.45, 7) is 1.52. The number of nitro groups is 1. The van der Waals surface area contributed by atoms with Crippen LogP contribution in [0.25, 0.3) is 0 Å². The van der Waals surface area contributed by atoms with Crippen LogP contribution < -0.4 is 10.1 Å². The Kier molecular flexibility index (Phi) is 6.05. The van der Waals surface area contributed by atoms with Crippen LogP contribution in [0, 0.1) is 10.1 Å². The van der Waals surface area contributed by atoms with Gasteiger partial charge in [-0.05, 0) is 24.6 Å². The van der Waals surface area contributed by atoms with Gasteiger partial charge < -0.3 is 14.8 Å². The van der Waals surface area contributed by atoms with Crippen molar-refractivity contribution < 1.29 is 24.0 Å². The minimum absolute atomic E-state index is 0.0802. The standard InChI is InChI=1S/C17H16N2O6/c1-12(18-17(21)24-11-13-5-3-2-4-6-13)16(20)25-15-9-7-14(8-10-15)19(22)23/h2-10,12H,11H2,1H3,(H,18,21)/t12-/m0/s1. The minimum Gasteiger partial charge on any atom is -0.445 e. The Hall–Kier alpha value is -3.42. The molecule has 0 unspecified atom stereocenters. The van der Waals surface area contributed by atoms with Crippen molar-refractivity contribution in [1.82, 2.24) is 5.32 Å². The van der Waals surface area contributed by atoms with Crippen LogP contribution in [0.3, 0.4) is 0 Å². The fraction of sp³-hybridized carbons (Fsp3) is 0.176. The molecule has 8 heteroatoms. The van der Waals surface area contributed by atoms with Crippen molar-refractivity contribution in [3.8, 4) is 5.75 Å². The number of nitrogens with zero attached hydrogens (tertiary/aromatic N) is 1. The molecular formula is C17H16N2O6. The van der Waals surface area contributed by atoms with Crippen molar-refractivity contribution in [2.75, 3.05) is 0 Å². The summed E-state index contributed by atoms with van der Waals surface area (Å²) >= 11 is 0. The second kappa shape index (κ2) is 8.44. The van der Waals surface area contributed by atoms with E-state index in [1.54, 1.807) is 12.1 Å². The quantitative estimate of drug-likeness (QED) is 0.374. The molecule has 130 valence electrons. The van der Waals surface area contributed by atoms with Gasteiger partial charge in [-0.15, -0.1) is 0 Å². The van der Waals surface area contributed by atoms with E-state index in [1.165, 1.54) is 31.2 Å². The summed E-state index contributed by atoms with van der Waals surface area (Å²) < 4.78 is 10.1. The highest BCUT2D eigenvalue weighted by Crippen LogP contribution is 2.17. The maximum absolute atomic E-state index is 11.9. The molecule has 0 radical (unpaired) electrons. The number of ether oxygens (including phenoxy) is 2. The zero-order valence-electron chi connectivity index (χ0n) is 13.4. The number of nitro benzene ring substituents is 1. The molecule has 0 heterocycles. The number of amides is 1. The van der Waals surface area contributed by atoms with Gasteiger partial charge in [-0.3, -0.25) is 10.1 Å². The Morgan fingerprint density at radius 3 is 2.36 bits per heavy atom. The van der Waals surface area contributed by atoms with Crippen LogP contribution in [0.1, 0.15) is 12.5 Å². The number of carbonyl (C=O) groups is 2. The number of rotatable bonds is 6. The normalized spacial score (nSPS) is 11.2. The highest BCUT2D eigenvalue weighted by molar-refractivity contribution is 5.82. The van der Waals surface area contributed by atoms with Crippen LogP contribution in [0.4, 0.5) is 10.5 Å². The SMILES string of the molecule is C[C@H](NC(=O)OCc1ccccc1)C(=O)Oc1ccc([N+](=O)[O-])cc1. The molecule has 0 fully saturated rings. The van der Waals surface area contributed by atoms with Crippen molar-refractivity contribution in [2.45, 2.75) is 19.6 Å². The van der Waals surface area contributed by atoms with E-state index >= 15 is 0 Å². The first-order valence-electron chi connectivity index (χ1n) is 7.39. The lowest BCUT2D eigenvalue weighted by molar-refractivity contribution is -0.384. The molecule has 0 bridgehead atoms. The van der Waals surface area contributed by atoms with Crippen molar-refractivity contribution in [1.29, 1.82) is 0 Å². The van der Waals surface area contributed by atoms with E-state index in [2.05, 4.69) is 5.32 Å². The Morgan fingerprint density at radius 2 is 1.76 bits per heavy atom. The van der Waals surface area contributed by atoms with Crippen molar-refractivity contribution in [3.05, 3.63) is 70.3 Å². The molecule has 0 spiro atoms. The summed E-state index contributed by atoms with van der Waals surface area (Å²) in [5.74, 6) is -0.576. The van der Waals surface area contributed by atoms with Crippen LogP contribution in [0.5, 0.6) is 5.75 Å². The van der Waals surface area contributed by atoms with Crippen molar-refractivity contribution >= 4 is 17.7 Å². The van der Waals surface area contributed by atoms with Gasteiger partial charge in [-0.25, -0.2) is 9.59 Å². The highest BCUT2D eigenvalue weighted by atomic mass is 16.6. The third kappa shape index (κ3) is 5.61. The second-order valence-electron chi connectivity index (χ2n) is 5.10. The average Bonchev–Trinajstić information content (AvgIpc) is 2.61. The molecular weight excluding hydrogens is 328 g/mol. The molecule has 8 nitrogen and oxygen atoms in total. The molecule has 25 heavy (non-hydrogen) atoms. The molecule has 2 aromatic carbocycles. The molecule has 0 aliphatic carbocycles. The van der Waals surface area contributed by atoms with Crippen molar-refractivity contribution in [2.24, 2.45) is 0 Å². The van der Waals surface area contributed by atoms with E-state index in [0.717, 1.165) is 5.56 Å². The molecule has 0 saturated carbocycles. The van der Waals surface area contributed by atoms with Gasteiger partial charge in [0.1, 0.15) is 18.4 Å². The molecule has 0 saturated heterocycles. The number of nitrogens with one attached hydrogen (secondary N) is 1. The van der Waals surface area contributed by atoms with Crippen LogP contribution in [-0.4, -0.2) is 23.0 Å². The van der Waals surface area contributed by atoms with Crippen LogP contribution in [0.2, 0.25) is 0 Å². The predicted octanol–water partition coefficient (Wildman–Crippen LogP) is 2.82. The molecule has 0 aliphatic heterocycles. The molecule has 1 amide bonds. The molecule has 1 N–H and O–H groups in total. The predicted molar refractivity (Wildman–Crippen MR) is 88.0 cm³/mol. The van der Waals surface area contributed by atoms with E-state index in [0.29, 0.717) is 0 Å². The number of benzene rings is 2. The molecule has 0 aliphatic rings. The zero-order chi connectivity index (χ0) is 18.2. The fourth-order valence-corrected chi connectivity index (χ4v) is 1.84. The van der Waals surface area contributed by atoms with Crippen LogP contribution >= 0.6 is 0 Å². The average molecular weight is 344 g/mol. The second-order valence-corrected chi connectivity index (χ2v) is 5.10. The first kappa shape index (κ1) is 17.9. The third-order valence-electron chi connectivity index (χ3n) is 3.17. The Bertz CT molecular complexity index is 745. The van der Waals surface area contributed by atoms with Gasteiger partial charge in [0, 0.05) is 12.1 Å². The van der Waals surface area contributed by atoms with E-state index < -0.39 is 23.0 Å². The molecule has 2 aromatic rings. The maximum atomic E-state index is 11.9. The number of non-ortho nitro benzene ring substituents is 1. The van der Waals surface area contributed by atoms with Gasteiger partial charge in [0.05, 0.1) is 4.92 Å². The monoisotopic (exact) mass is 344 g/mol. The Morgan fingerprint density at radius 1 is 1.12 bits per heavy atom. The first-order chi connectivity index (χ1) is 12.0. The Labute approximate surface area is 143 Å². The number of alkyl carbamates (subject to hydrolysis) is 1. The van der Waals surface area contributed by atoms with Gasteiger partial charge in [0.25, 0.3) is 5.69 Å². The number of hydrogen-bond acceptors (Lipinski definition) is 6. The number of hydrogen-bond donors (Lipinski definition) is 1. The molecule has 2 rings (SSSR count). The highest BCUT2D eigenvalue weighted by Gasteiger charge is 2.19. The summed E-state index contributed by atoms with van der Waals surface area (Å²) in [4.78, 5) is 33.6. The lowest BCUT2D eigenvalue weighted by atomic mass is 10.2. The largest absolute Gasteiger partial charge is 0.445 e. The zero-order valence-corrected chi connectivity index (χ0v) is 13.4. The number of carbonyl (C=O) groups excluding carboxylic acids is 2. The smallest absolute Gasteiger partial charge is 0.408 e. The lowest BCUT2D eigenvalue weighted by Crippen LogP contribution is -2.41. The number of esters is 1. The molecule has 0 aromatic heterocycles. The third-order valence-corrected chi connectivity index (χ3v) is 3.17. The maximum Gasteiger partial charge on any atom is 0.408 e. The van der Waals surface area contributed by atoms with Crippen LogP contribution in [-0.2, 0) is 16.1 Å². The summed E-state index contributed by atoms with van der Waals surface area (Å²) in [6.07, 6.45) is -0.753. The summed E-state index contributed by atoms with van der Waals surface area (Å²) in [5, 5.41) is 12.9. The van der Waals surface area contributed by atoms with E-state index in [9.17, 15) is 19.7 Å². The summed E-state index contributed by atoms with van der Waals surface area (Å²) in [6, 6.07) is 13.2. The van der Waals surface area contributed by atoms with Gasteiger partial charge in [0.2, 0.25) is 0 Å². The van der Waals surface area contributed by atoms with Gasteiger partial charge in [-0.2, -0.15) is 0 Å². The lowest BCUT2D eigenvalue weighted by Gasteiger charge is -2.13. The van der Waals surface area contributed by atoms with E-state index in [1.807, 2.05) is 18.2 Å². The summed E-state index contributed by atoms with van der Waals surface area (Å²) in [5.41, 5.74) is 0.703.